The van der Waals surface area contributed by atoms with Gasteiger partial charge in [-0.1, -0.05) is 72.8 Å². The highest BCUT2D eigenvalue weighted by atomic mass is 16.6. The number of amides is 2. The summed E-state index contributed by atoms with van der Waals surface area (Å²) in [6, 6.07) is 22.6. The van der Waals surface area contributed by atoms with Gasteiger partial charge in [-0.3, -0.25) is 19.2 Å². The van der Waals surface area contributed by atoms with E-state index in [1.54, 1.807) is 55.5 Å². The topological polar surface area (TPSA) is 161 Å². The zero-order valence-electron chi connectivity index (χ0n) is 25.8. The fourth-order valence-corrected chi connectivity index (χ4v) is 4.98. The lowest BCUT2D eigenvalue weighted by molar-refractivity contribution is -0.140. The zero-order valence-corrected chi connectivity index (χ0v) is 25.8. The minimum absolute atomic E-state index is 0.0807. The van der Waals surface area contributed by atoms with Gasteiger partial charge in [0.2, 0.25) is 5.91 Å². The Morgan fingerprint density at radius 2 is 1.39 bits per heavy atom. The third-order valence-corrected chi connectivity index (χ3v) is 7.75. The molecular formula is C35H38N2O9. The van der Waals surface area contributed by atoms with Crippen LogP contribution >= 0.6 is 0 Å². The molecule has 11 nitrogen and oxygen atoms in total. The molecule has 3 aromatic carbocycles. The van der Waals surface area contributed by atoms with E-state index in [2.05, 4.69) is 10.6 Å². The molecule has 0 spiro atoms. The lowest BCUT2D eigenvalue weighted by Gasteiger charge is -2.24. The number of ether oxygens (including phenoxy) is 3. The van der Waals surface area contributed by atoms with Crippen LogP contribution in [-0.2, 0) is 48.1 Å². The zero-order chi connectivity index (χ0) is 33.1. The number of Topliss-reactive ketones (excluding diaryl/α,β-unsaturated/α-hetero) is 2. The molecule has 11 heteroatoms. The first-order valence-corrected chi connectivity index (χ1v) is 14.9. The maximum atomic E-state index is 13.9. The summed E-state index contributed by atoms with van der Waals surface area (Å²) < 4.78 is 15.8. The predicted molar refractivity (Wildman–Crippen MR) is 167 cm³/mol. The van der Waals surface area contributed by atoms with Crippen LogP contribution in [-0.4, -0.2) is 66.0 Å². The number of carboxylic acid groups (broad SMARTS) is 1. The Bertz CT molecular complexity index is 1510. The van der Waals surface area contributed by atoms with Crippen molar-refractivity contribution in [1.82, 2.24) is 10.6 Å². The van der Waals surface area contributed by atoms with E-state index in [1.165, 1.54) is 7.11 Å². The van der Waals surface area contributed by atoms with Crippen molar-refractivity contribution in [2.45, 2.75) is 56.9 Å². The highest BCUT2D eigenvalue weighted by Gasteiger charge is 2.50. The molecule has 1 fully saturated rings. The molecular weight excluding hydrogens is 592 g/mol. The third-order valence-electron chi connectivity index (χ3n) is 7.75. The summed E-state index contributed by atoms with van der Waals surface area (Å²) in [5.74, 6) is -3.24. The molecule has 0 saturated carbocycles. The lowest BCUT2D eigenvalue weighted by Crippen LogP contribution is -2.50. The molecule has 0 aromatic heterocycles. The number of aliphatic carboxylic acids is 1. The van der Waals surface area contributed by atoms with Crippen molar-refractivity contribution in [3.8, 4) is 5.75 Å². The van der Waals surface area contributed by atoms with Crippen molar-refractivity contribution in [2.75, 3.05) is 13.7 Å². The minimum atomic E-state index is -1.45. The molecule has 3 N–H and O–H groups in total. The van der Waals surface area contributed by atoms with Crippen LogP contribution in [0.2, 0.25) is 0 Å². The Hall–Kier alpha value is -5.03. The minimum Gasteiger partial charge on any atom is -0.497 e. The molecule has 4 rings (SSSR count). The molecule has 1 heterocycles. The van der Waals surface area contributed by atoms with Crippen molar-refractivity contribution in [2.24, 2.45) is 5.92 Å². The first kappa shape index (κ1) is 33.9. The highest BCUT2D eigenvalue weighted by Crippen LogP contribution is 2.29. The van der Waals surface area contributed by atoms with E-state index >= 15 is 0 Å². The van der Waals surface area contributed by atoms with Gasteiger partial charge in [-0.25, -0.2) is 4.79 Å². The molecule has 0 aliphatic carbocycles. The third kappa shape index (κ3) is 10.00. The summed E-state index contributed by atoms with van der Waals surface area (Å²) >= 11 is 0. The fraction of sp³-hybridized carbons (Fsp3) is 0.343. The average Bonchev–Trinajstić information content (AvgIpc) is 3.81. The molecule has 4 atom stereocenters. The van der Waals surface area contributed by atoms with Crippen molar-refractivity contribution < 1.29 is 43.3 Å². The molecule has 242 valence electrons. The summed E-state index contributed by atoms with van der Waals surface area (Å²) in [4.78, 5) is 65.1. The van der Waals surface area contributed by atoms with Gasteiger partial charge < -0.3 is 30.0 Å². The summed E-state index contributed by atoms with van der Waals surface area (Å²) in [6.07, 6.45) is -1.77. The van der Waals surface area contributed by atoms with E-state index in [0.29, 0.717) is 16.9 Å². The van der Waals surface area contributed by atoms with Gasteiger partial charge in [-0.2, -0.15) is 0 Å². The Morgan fingerprint density at radius 1 is 0.804 bits per heavy atom. The molecule has 0 unspecified atom stereocenters. The number of carbonyl (C=O) groups excluding carboxylic acids is 4. The maximum Gasteiger partial charge on any atom is 0.408 e. The van der Waals surface area contributed by atoms with Crippen molar-refractivity contribution in [1.29, 1.82) is 0 Å². The second-order valence-corrected chi connectivity index (χ2v) is 11.4. The number of hydrogen-bond acceptors (Lipinski definition) is 8. The van der Waals surface area contributed by atoms with Gasteiger partial charge >= 0.3 is 12.1 Å². The Kier molecular flexibility index (Phi) is 11.6. The first-order chi connectivity index (χ1) is 22.1. The van der Waals surface area contributed by atoms with Gasteiger partial charge in [0.15, 0.2) is 11.6 Å². The van der Waals surface area contributed by atoms with E-state index < -0.39 is 60.2 Å². The predicted octanol–water partition coefficient (Wildman–Crippen LogP) is 3.67. The largest absolute Gasteiger partial charge is 0.497 e. The summed E-state index contributed by atoms with van der Waals surface area (Å²) in [5.41, 5.74) is 1.24. The van der Waals surface area contributed by atoms with Crippen molar-refractivity contribution in [3.63, 3.8) is 0 Å². The molecule has 1 aliphatic rings. The number of alkyl carbamates (subject to hydrolysis) is 1. The molecule has 0 radical (unpaired) electrons. The molecule has 1 saturated heterocycles. The van der Waals surface area contributed by atoms with Gasteiger partial charge in [-0.05, 0) is 48.6 Å². The highest BCUT2D eigenvalue weighted by molar-refractivity contribution is 5.98. The Morgan fingerprint density at radius 3 is 1.96 bits per heavy atom. The van der Waals surface area contributed by atoms with E-state index in [0.717, 1.165) is 5.56 Å². The van der Waals surface area contributed by atoms with Crippen molar-refractivity contribution >= 4 is 29.5 Å². The number of nitrogens with one attached hydrogen (secondary N) is 2. The van der Waals surface area contributed by atoms with Crippen LogP contribution in [0.5, 0.6) is 5.75 Å². The number of benzene rings is 3. The van der Waals surface area contributed by atoms with Gasteiger partial charge in [0, 0.05) is 12.3 Å². The van der Waals surface area contributed by atoms with Gasteiger partial charge in [-0.15, -0.1) is 0 Å². The Balaban J connectivity index is 1.52. The van der Waals surface area contributed by atoms with E-state index in [-0.39, 0.29) is 31.8 Å². The fourth-order valence-electron chi connectivity index (χ4n) is 4.98. The number of methoxy groups -OCH3 is 1. The standard InChI is InChI=1S/C35H38N2O9/c1-35(22-46-35)32(41)29(18-23-9-5-3-6-10-23)36-33(42)26(17-24-13-15-27(44-2)16-14-24)19-30(38)28(20-31(39)40)37-34(43)45-21-25-11-7-4-8-12-25/h3-16,26,28-29H,17-22H2,1-2H3,(H,36,42)(H,37,43)(H,39,40)/t26-,28-,29+,35-/m1/s1. The van der Waals surface area contributed by atoms with Gasteiger partial charge in [0.1, 0.15) is 24.0 Å². The second-order valence-electron chi connectivity index (χ2n) is 11.4. The van der Waals surface area contributed by atoms with Crippen LogP contribution in [0, 0.1) is 5.92 Å². The summed E-state index contributed by atoms with van der Waals surface area (Å²) in [7, 11) is 1.53. The Labute approximate surface area is 267 Å². The normalized spacial score (nSPS) is 17.1. The molecule has 46 heavy (non-hydrogen) atoms. The van der Waals surface area contributed by atoms with E-state index in [9.17, 15) is 29.1 Å². The number of carboxylic acids is 1. The number of carbonyl (C=O) groups is 5. The SMILES string of the molecule is COc1ccc(C[C@H](CC(=O)[C@@H](CC(=O)O)NC(=O)OCc2ccccc2)C(=O)N[C@@H](Cc2ccccc2)C(=O)[C@@]2(C)CO2)cc1. The second kappa shape index (κ2) is 15.8. The number of hydrogen-bond donors (Lipinski definition) is 3. The van der Waals surface area contributed by atoms with Gasteiger partial charge in [0.05, 0.1) is 26.2 Å². The number of epoxide rings is 1. The molecule has 2 amide bonds. The maximum absolute atomic E-state index is 13.9. The van der Waals surface area contributed by atoms with Crippen LogP contribution in [0.3, 0.4) is 0 Å². The van der Waals surface area contributed by atoms with Crippen LogP contribution < -0.4 is 15.4 Å². The van der Waals surface area contributed by atoms with Crippen LogP contribution in [0.15, 0.2) is 84.9 Å². The average molecular weight is 631 g/mol. The van der Waals surface area contributed by atoms with Gasteiger partial charge in [0.25, 0.3) is 0 Å². The number of ketones is 2. The van der Waals surface area contributed by atoms with E-state index in [1.807, 2.05) is 36.4 Å². The summed E-state index contributed by atoms with van der Waals surface area (Å²) in [5, 5.41) is 14.7. The molecule has 1 aliphatic heterocycles. The number of rotatable bonds is 17. The van der Waals surface area contributed by atoms with Crippen LogP contribution in [0.25, 0.3) is 0 Å². The molecule has 0 bridgehead atoms. The smallest absolute Gasteiger partial charge is 0.408 e. The quantitative estimate of drug-likeness (QED) is 0.189. The summed E-state index contributed by atoms with van der Waals surface area (Å²) in [6.45, 7) is 1.82. The lowest BCUT2D eigenvalue weighted by atomic mass is 9.89. The first-order valence-electron chi connectivity index (χ1n) is 14.9. The van der Waals surface area contributed by atoms with Crippen molar-refractivity contribution in [3.05, 3.63) is 102 Å². The van der Waals surface area contributed by atoms with E-state index in [4.69, 9.17) is 14.2 Å². The molecule has 3 aromatic rings. The van der Waals surface area contributed by atoms with Crippen LogP contribution in [0.1, 0.15) is 36.5 Å². The van der Waals surface area contributed by atoms with Crippen LogP contribution in [0.4, 0.5) is 4.79 Å². The monoisotopic (exact) mass is 630 g/mol.